The molecule has 0 N–H and O–H groups in total. The summed E-state index contributed by atoms with van der Waals surface area (Å²) in [7, 11) is -18.0. The van der Waals surface area contributed by atoms with E-state index >= 15 is 0 Å². The van der Waals surface area contributed by atoms with Crippen molar-refractivity contribution in [3.8, 4) is 0 Å². The molecule has 1 aromatic rings. The van der Waals surface area contributed by atoms with E-state index < -0.39 is 58.0 Å². The van der Waals surface area contributed by atoms with Crippen molar-refractivity contribution in [3.63, 3.8) is 0 Å². The van der Waals surface area contributed by atoms with Crippen molar-refractivity contribution in [1.82, 2.24) is 7.42 Å². The topological polar surface area (TPSA) is 143 Å². The van der Waals surface area contributed by atoms with E-state index in [2.05, 4.69) is 0 Å². The molecule has 0 unspecified atom stereocenters. The third-order valence-corrected chi connectivity index (χ3v) is 10.5. The van der Waals surface area contributed by atoms with Crippen LogP contribution in [-0.4, -0.2) is 72.2 Å². The average molecular weight is 481 g/mol. The minimum Gasteiger partial charge on any atom is -0.212 e. The minimum atomic E-state index is -4.55. The largest absolute Gasteiger partial charge is 0.224 e. The summed E-state index contributed by atoms with van der Waals surface area (Å²) in [6, 6.07) is 0.477. The fourth-order valence-electron chi connectivity index (χ4n) is 2.89. The fourth-order valence-corrected chi connectivity index (χ4v) is 9.69. The Labute approximate surface area is 165 Å². The Balaban J connectivity index is 3.97. The molecule has 1 aromatic carbocycles. The summed E-state index contributed by atoms with van der Waals surface area (Å²) in [4.78, 5) is 0. The minimum absolute atomic E-state index is 0.00106. The molecule has 0 aliphatic rings. The molecule has 0 heterocycles. The summed E-state index contributed by atoms with van der Waals surface area (Å²) in [5.41, 5.74) is -0.249. The molecule has 0 saturated heterocycles. The highest BCUT2D eigenvalue weighted by Crippen LogP contribution is 2.34. The monoisotopic (exact) mass is 480 g/mol. The van der Waals surface area contributed by atoms with Crippen molar-refractivity contribution in [2.24, 2.45) is 0 Å². The molecule has 10 nitrogen and oxygen atoms in total. The van der Waals surface area contributed by atoms with Gasteiger partial charge in [-0.05, 0) is 24.6 Å². The lowest BCUT2D eigenvalue weighted by Gasteiger charge is -2.36. The number of rotatable bonds is 8. The fraction of sp³-hybridized carbons (Fsp3) is 0.538. The molecule has 15 heteroatoms. The molecular weight excluding hydrogens is 459 g/mol. The number of halogens is 1. The lowest BCUT2D eigenvalue weighted by atomic mass is 10.0. The molecule has 0 spiro atoms. The summed E-state index contributed by atoms with van der Waals surface area (Å²) >= 11 is 0. The first kappa shape index (κ1) is 24.9. The maximum Gasteiger partial charge on any atom is 0.224 e. The van der Waals surface area contributed by atoms with E-state index in [1.807, 2.05) is 0 Å². The Morgan fingerprint density at radius 3 is 1.46 bits per heavy atom. The van der Waals surface area contributed by atoms with Gasteiger partial charge < -0.3 is 0 Å². The van der Waals surface area contributed by atoms with Crippen molar-refractivity contribution in [2.75, 3.05) is 25.0 Å². The predicted molar refractivity (Wildman–Crippen MR) is 102 cm³/mol. The summed E-state index contributed by atoms with van der Waals surface area (Å²) in [5.74, 6) is -0.859. The van der Waals surface area contributed by atoms with E-state index in [0.29, 0.717) is 25.0 Å². The van der Waals surface area contributed by atoms with Crippen molar-refractivity contribution in [2.45, 2.75) is 19.0 Å². The van der Waals surface area contributed by atoms with E-state index in [1.165, 1.54) is 0 Å². The maximum atomic E-state index is 13.7. The molecule has 0 aromatic heterocycles. The molecule has 0 amide bonds. The molecule has 0 bridgehead atoms. The van der Waals surface area contributed by atoms with Crippen LogP contribution in [0.4, 0.5) is 4.39 Å². The van der Waals surface area contributed by atoms with Crippen LogP contribution in [0, 0.1) is 5.82 Å². The molecule has 0 aliphatic carbocycles. The standard InChI is InChI=1S/C13H21FN2O8S4/c1-10(15(25(2,17)18)26(3,19)20)13(11-7-6-8-12(14)9-11)16(27(4,21)22)28(5,23)24/h6-10,13H,1-5H3/t10-,13-/m1/s1. The molecule has 1 rings (SSSR count). The van der Waals surface area contributed by atoms with E-state index in [9.17, 15) is 38.1 Å². The van der Waals surface area contributed by atoms with Crippen LogP contribution in [0.25, 0.3) is 0 Å². The Bertz CT molecular complexity index is 1100. The molecule has 0 radical (unpaired) electrons. The third-order valence-electron chi connectivity index (χ3n) is 3.51. The second-order valence-electron chi connectivity index (χ2n) is 6.24. The Morgan fingerprint density at radius 2 is 1.14 bits per heavy atom. The maximum absolute atomic E-state index is 13.7. The van der Waals surface area contributed by atoms with Crippen LogP contribution in [0.15, 0.2) is 24.3 Å². The summed E-state index contributed by atoms with van der Waals surface area (Å²) in [6.07, 6.45) is 2.24. The smallest absolute Gasteiger partial charge is 0.212 e. The van der Waals surface area contributed by atoms with Crippen LogP contribution < -0.4 is 0 Å². The van der Waals surface area contributed by atoms with Crippen molar-refractivity contribution >= 4 is 40.1 Å². The quantitative estimate of drug-likeness (QED) is 0.493. The zero-order chi connectivity index (χ0) is 22.3. The van der Waals surface area contributed by atoms with Gasteiger partial charge >= 0.3 is 0 Å². The van der Waals surface area contributed by atoms with Gasteiger partial charge in [-0.3, -0.25) is 0 Å². The summed E-state index contributed by atoms with van der Waals surface area (Å²) < 4.78 is 111. The van der Waals surface area contributed by atoms with Gasteiger partial charge in [-0.1, -0.05) is 19.6 Å². The number of nitrogens with zero attached hydrogens (tertiary/aromatic N) is 2. The molecule has 28 heavy (non-hydrogen) atoms. The van der Waals surface area contributed by atoms with Gasteiger partial charge in [-0.15, -0.1) is 0 Å². The van der Waals surface area contributed by atoms with Gasteiger partial charge in [0, 0.05) is 0 Å². The Kier molecular flexibility index (Phi) is 7.07. The van der Waals surface area contributed by atoms with Gasteiger partial charge in [0.25, 0.3) is 0 Å². The highest BCUT2D eigenvalue weighted by Gasteiger charge is 2.46. The van der Waals surface area contributed by atoms with Crippen LogP contribution in [-0.2, 0) is 40.1 Å². The first-order chi connectivity index (χ1) is 12.3. The number of hydrogen-bond acceptors (Lipinski definition) is 8. The number of hydrogen-bond donors (Lipinski definition) is 0. The van der Waals surface area contributed by atoms with Gasteiger partial charge in [0.15, 0.2) is 0 Å². The van der Waals surface area contributed by atoms with E-state index in [1.54, 1.807) is 0 Å². The average Bonchev–Trinajstić information content (AvgIpc) is 2.38. The summed E-state index contributed by atoms with van der Waals surface area (Å²) in [6.45, 7) is 1.01. The highest BCUT2D eigenvalue weighted by atomic mass is 32.3. The van der Waals surface area contributed by atoms with Gasteiger partial charge in [0.05, 0.1) is 37.1 Å². The van der Waals surface area contributed by atoms with Crippen LogP contribution in [0.3, 0.4) is 0 Å². The van der Waals surface area contributed by atoms with E-state index in [4.69, 9.17) is 0 Å². The first-order valence-corrected chi connectivity index (χ1v) is 14.8. The van der Waals surface area contributed by atoms with Crippen molar-refractivity contribution in [3.05, 3.63) is 35.6 Å². The van der Waals surface area contributed by atoms with Crippen LogP contribution in [0.1, 0.15) is 18.5 Å². The van der Waals surface area contributed by atoms with Gasteiger partial charge in [0.1, 0.15) is 5.82 Å². The number of sulfonamides is 4. The summed E-state index contributed by atoms with van der Waals surface area (Å²) in [5, 5.41) is 0. The first-order valence-electron chi connectivity index (χ1n) is 7.42. The van der Waals surface area contributed by atoms with E-state index in [-0.39, 0.29) is 13.0 Å². The Hall–Kier alpha value is -1.13. The lowest BCUT2D eigenvalue weighted by Crippen LogP contribution is -2.51. The number of benzene rings is 1. The normalized spacial score (nSPS) is 16.3. The van der Waals surface area contributed by atoms with E-state index in [0.717, 1.165) is 31.2 Å². The lowest BCUT2D eigenvalue weighted by molar-refractivity contribution is 0.315. The molecular formula is C13H21FN2O8S4. The van der Waals surface area contributed by atoms with Crippen LogP contribution >= 0.6 is 0 Å². The second-order valence-corrected chi connectivity index (χ2v) is 14.1. The van der Waals surface area contributed by atoms with Crippen molar-refractivity contribution in [1.29, 1.82) is 0 Å². The predicted octanol–water partition coefficient (Wildman–Crippen LogP) is -0.302. The molecule has 162 valence electrons. The third kappa shape index (κ3) is 5.93. The molecule has 0 aliphatic heterocycles. The molecule has 2 atom stereocenters. The zero-order valence-electron chi connectivity index (χ0n) is 15.6. The highest BCUT2D eigenvalue weighted by molar-refractivity contribution is 8.04. The molecule has 0 fully saturated rings. The van der Waals surface area contributed by atoms with Gasteiger partial charge in [-0.2, -0.15) is 0 Å². The SMILES string of the molecule is C[C@H]([C@H](c1cccc(F)c1)N(S(C)(=O)=O)S(C)(=O)=O)N(S(C)(=O)=O)S(C)(=O)=O. The molecule has 0 saturated carbocycles. The van der Waals surface area contributed by atoms with Crippen molar-refractivity contribution < 1.29 is 38.1 Å². The zero-order valence-corrected chi connectivity index (χ0v) is 18.9. The van der Waals surface area contributed by atoms with Crippen LogP contribution in [0.5, 0.6) is 0 Å². The Morgan fingerprint density at radius 1 is 0.750 bits per heavy atom. The van der Waals surface area contributed by atoms with Gasteiger partial charge in [-0.25, -0.2) is 38.1 Å². The second kappa shape index (κ2) is 7.95. The van der Waals surface area contributed by atoms with Gasteiger partial charge in [0.2, 0.25) is 40.1 Å². The van der Waals surface area contributed by atoms with Crippen LogP contribution in [0.2, 0.25) is 0 Å².